The number of hydrogen-bond acceptors (Lipinski definition) is 2. The Morgan fingerprint density at radius 3 is 1.78 bits per heavy atom. The normalized spacial score (nSPS) is 7.33. The highest BCUT2D eigenvalue weighted by Crippen LogP contribution is 1.83. The summed E-state index contributed by atoms with van der Waals surface area (Å²) in [5.41, 5.74) is 0. The van der Waals surface area contributed by atoms with Crippen molar-refractivity contribution in [2.45, 2.75) is 40.5 Å². The summed E-state index contributed by atoms with van der Waals surface area (Å²) in [7, 11) is 0. The van der Waals surface area contributed by atoms with Gasteiger partial charge in [0.25, 0.3) is 0 Å². The van der Waals surface area contributed by atoms with E-state index in [2.05, 4.69) is 22.5 Å². The molecule has 0 rings (SSSR count). The lowest BCUT2D eigenvalue weighted by Crippen LogP contribution is -2.22. The summed E-state index contributed by atoms with van der Waals surface area (Å²) in [5.74, 6) is 4.67. The molecular weight excluding hydrogens is 228 g/mol. The topological polar surface area (TPSA) is 58.2 Å². The molecule has 0 atom stereocenters. The second-order valence-electron chi connectivity index (χ2n) is 3.07. The maximum atomic E-state index is 10.6. The van der Waals surface area contributed by atoms with Crippen LogP contribution in [0.5, 0.6) is 0 Å². The zero-order valence-electron chi connectivity index (χ0n) is 10.5. The summed E-state index contributed by atoms with van der Waals surface area (Å²) >= 11 is 0. The van der Waals surface area contributed by atoms with Crippen molar-refractivity contribution in [1.29, 1.82) is 0 Å². The van der Waals surface area contributed by atoms with Gasteiger partial charge in [-0.15, -0.1) is 12.8 Å². The third-order valence-corrected chi connectivity index (χ3v) is 1.57. The van der Waals surface area contributed by atoms with Crippen molar-refractivity contribution in [1.82, 2.24) is 10.6 Å². The fraction of sp³-hybridized carbons (Fsp3) is 0.571. The van der Waals surface area contributed by atoms with Gasteiger partial charge in [-0.05, 0) is 6.42 Å². The molecular formula is C14H24N2O2. The number of hydrogen-bond donors (Lipinski definition) is 2. The first-order chi connectivity index (χ1) is 8.12. The lowest BCUT2D eigenvalue weighted by molar-refractivity contribution is -0.121. The minimum Gasteiger partial charge on any atom is -0.345 e. The monoisotopic (exact) mass is 252 g/mol. The quantitative estimate of drug-likeness (QED) is 0.725. The summed E-state index contributed by atoms with van der Waals surface area (Å²) in [5, 5.41) is 5.07. The molecule has 4 heteroatoms. The first-order valence-electron chi connectivity index (χ1n) is 5.52. The Morgan fingerprint density at radius 1 is 1.00 bits per heavy atom. The van der Waals surface area contributed by atoms with Gasteiger partial charge >= 0.3 is 0 Å². The van der Waals surface area contributed by atoms with Crippen LogP contribution in [0.2, 0.25) is 0 Å². The molecule has 4 nitrogen and oxygen atoms in total. The summed E-state index contributed by atoms with van der Waals surface area (Å²) in [6, 6.07) is 0. The van der Waals surface area contributed by atoms with E-state index in [1.54, 1.807) is 6.92 Å². The third-order valence-electron chi connectivity index (χ3n) is 1.57. The molecule has 0 spiro atoms. The van der Waals surface area contributed by atoms with Crippen LogP contribution in [0.1, 0.15) is 40.5 Å². The van der Waals surface area contributed by atoms with Crippen molar-refractivity contribution in [2.75, 3.05) is 13.1 Å². The van der Waals surface area contributed by atoms with Gasteiger partial charge in [-0.25, -0.2) is 0 Å². The highest BCUT2D eigenvalue weighted by molar-refractivity contribution is 5.76. The van der Waals surface area contributed by atoms with Crippen LogP contribution in [0.15, 0.2) is 0 Å². The Labute approximate surface area is 111 Å². The third kappa shape index (κ3) is 19.6. The van der Waals surface area contributed by atoms with Crippen molar-refractivity contribution >= 4 is 11.8 Å². The molecule has 0 unspecified atom stereocenters. The van der Waals surface area contributed by atoms with Crippen molar-refractivity contribution in [3.63, 3.8) is 0 Å². The number of amides is 2. The molecule has 0 saturated heterocycles. The van der Waals surface area contributed by atoms with Gasteiger partial charge in [0.05, 0.1) is 13.1 Å². The Bertz CT molecular complexity index is 298. The average Bonchev–Trinajstić information content (AvgIpc) is 2.34. The smallest absolute Gasteiger partial charge is 0.220 e. The predicted octanol–water partition coefficient (Wildman–Crippen LogP) is 1.32. The van der Waals surface area contributed by atoms with Crippen molar-refractivity contribution in [2.24, 2.45) is 0 Å². The van der Waals surface area contributed by atoms with Crippen molar-refractivity contribution < 1.29 is 9.59 Å². The Balaban J connectivity index is -0.000000238. The maximum Gasteiger partial charge on any atom is 0.220 e. The van der Waals surface area contributed by atoms with Gasteiger partial charge in [-0.1, -0.05) is 33.1 Å². The van der Waals surface area contributed by atoms with E-state index < -0.39 is 0 Å². The van der Waals surface area contributed by atoms with Crippen LogP contribution in [0.3, 0.4) is 0 Å². The SMILES string of the molecule is C.C#CCNC(=O)CC.C#CCNC(=O)CCC. The van der Waals surface area contributed by atoms with Gasteiger partial charge in [0.2, 0.25) is 11.8 Å². The van der Waals surface area contributed by atoms with Crippen LogP contribution >= 0.6 is 0 Å². The highest BCUT2D eigenvalue weighted by Gasteiger charge is 1.93. The molecule has 0 aliphatic rings. The summed E-state index contributed by atoms with van der Waals surface area (Å²) in [4.78, 5) is 21.0. The van der Waals surface area contributed by atoms with Gasteiger partial charge in [0.15, 0.2) is 0 Å². The first-order valence-corrected chi connectivity index (χ1v) is 5.52. The summed E-state index contributed by atoms with van der Waals surface area (Å²) in [6.07, 6.45) is 11.7. The van der Waals surface area contributed by atoms with Crippen molar-refractivity contribution in [3.8, 4) is 24.7 Å². The van der Waals surface area contributed by atoms with Crippen LogP contribution in [0.4, 0.5) is 0 Å². The van der Waals surface area contributed by atoms with E-state index in [9.17, 15) is 9.59 Å². The summed E-state index contributed by atoms with van der Waals surface area (Å²) < 4.78 is 0. The predicted molar refractivity (Wildman–Crippen MR) is 75.6 cm³/mol. The molecule has 2 N–H and O–H groups in total. The molecule has 0 fully saturated rings. The minimum atomic E-state index is 0. The van der Waals surface area contributed by atoms with Gasteiger partial charge in [0, 0.05) is 12.8 Å². The molecule has 18 heavy (non-hydrogen) atoms. The lowest BCUT2D eigenvalue weighted by Gasteiger charge is -1.96. The molecule has 2 amide bonds. The minimum absolute atomic E-state index is 0. The van der Waals surface area contributed by atoms with E-state index in [1.165, 1.54) is 0 Å². The average molecular weight is 252 g/mol. The number of terminal acetylenes is 2. The molecule has 0 heterocycles. The maximum absolute atomic E-state index is 10.6. The molecule has 0 saturated carbocycles. The van der Waals surface area contributed by atoms with E-state index >= 15 is 0 Å². The zero-order valence-corrected chi connectivity index (χ0v) is 10.5. The highest BCUT2D eigenvalue weighted by atomic mass is 16.2. The molecule has 0 aliphatic carbocycles. The molecule has 0 aromatic heterocycles. The second kappa shape index (κ2) is 17.5. The number of carbonyl (C=O) groups excluding carboxylic acids is 2. The fourth-order valence-corrected chi connectivity index (χ4v) is 0.740. The Hall–Kier alpha value is -1.94. The molecule has 0 radical (unpaired) electrons. The second-order valence-corrected chi connectivity index (χ2v) is 3.07. The van der Waals surface area contributed by atoms with Gasteiger partial charge in [-0.3, -0.25) is 9.59 Å². The van der Waals surface area contributed by atoms with Crippen molar-refractivity contribution in [3.05, 3.63) is 0 Å². The van der Waals surface area contributed by atoms with Crippen LogP contribution in [0.25, 0.3) is 0 Å². The zero-order chi connectivity index (χ0) is 13.5. The van der Waals surface area contributed by atoms with E-state index in [0.29, 0.717) is 25.9 Å². The van der Waals surface area contributed by atoms with Crippen LogP contribution in [0, 0.1) is 24.7 Å². The Morgan fingerprint density at radius 2 is 1.44 bits per heavy atom. The molecule has 0 aliphatic heterocycles. The van der Waals surface area contributed by atoms with Gasteiger partial charge in [0.1, 0.15) is 0 Å². The van der Waals surface area contributed by atoms with Crippen LogP contribution < -0.4 is 10.6 Å². The number of carbonyl (C=O) groups is 2. The van der Waals surface area contributed by atoms with Gasteiger partial charge in [-0.2, -0.15) is 0 Å². The standard InChI is InChI=1S/C7H11NO.C6H9NO.CH4/c1-3-5-7(9)8-6-4-2;1-3-5-7-6(8)4-2;/h2H,3,5-6H2,1H3,(H,8,9);1H,4-5H2,2H3,(H,7,8);1H4. The largest absolute Gasteiger partial charge is 0.345 e. The number of nitrogens with one attached hydrogen (secondary N) is 2. The fourth-order valence-electron chi connectivity index (χ4n) is 0.740. The molecule has 0 aromatic carbocycles. The van der Waals surface area contributed by atoms with E-state index in [-0.39, 0.29) is 19.2 Å². The molecule has 102 valence electrons. The Kier molecular flexibility index (Phi) is 20.7. The lowest BCUT2D eigenvalue weighted by atomic mass is 10.3. The van der Waals surface area contributed by atoms with E-state index in [1.807, 2.05) is 6.92 Å². The van der Waals surface area contributed by atoms with E-state index in [4.69, 9.17) is 12.8 Å². The van der Waals surface area contributed by atoms with Crippen LogP contribution in [-0.4, -0.2) is 24.9 Å². The molecule has 0 aromatic rings. The van der Waals surface area contributed by atoms with Gasteiger partial charge < -0.3 is 10.6 Å². The first kappa shape index (κ1) is 21.4. The number of rotatable bonds is 5. The van der Waals surface area contributed by atoms with Crippen LogP contribution in [-0.2, 0) is 9.59 Å². The van der Waals surface area contributed by atoms with E-state index in [0.717, 1.165) is 6.42 Å². The summed E-state index contributed by atoms with van der Waals surface area (Å²) in [6.45, 7) is 4.42. The molecule has 0 bridgehead atoms.